The molecular formula is C34H31FN6O3S. The van der Waals surface area contributed by atoms with Gasteiger partial charge in [-0.05, 0) is 67.8 Å². The van der Waals surface area contributed by atoms with Gasteiger partial charge in [0.1, 0.15) is 11.6 Å². The van der Waals surface area contributed by atoms with E-state index in [0.717, 1.165) is 41.2 Å². The van der Waals surface area contributed by atoms with E-state index in [9.17, 15) is 17.9 Å². The predicted molar refractivity (Wildman–Crippen MR) is 171 cm³/mol. The van der Waals surface area contributed by atoms with Gasteiger partial charge in [0, 0.05) is 65.5 Å². The summed E-state index contributed by atoms with van der Waals surface area (Å²) in [5, 5.41) is 15.0. The molecule has 1 aliphatic rings. The van der Waals surface area contributed by atoms with Crippen LogP contribution in [0, 0.1) is 12.7 Å². The first-order chi connectivity index (χ1) is 21.7. The van der Waals surface area contributed by atoms with Crippen molar-refractivity contribution in [2.75, 3.05) is 18.0 Å². The zero-order valence-electron chi connectivity index (χ0n) is 24.6. The Kier molecular flexibility index (Phi) is 7.42. The summed E-state index contributed by atoms with van der Waals surface area (Å²) in [5.74, 6) is 0.529. The molecule has 7 rings (SSSR count). The second-order valence-electron chi connectivity index (χ2n) is 11.4. The summed E-state index contributed by atoms with van der Waals surface area (Å²) >= 11 is 0. The van der Waals surface area contributed by atoms with Crippen LogP contribution in [-0.2, 0) is 16.6 Å². The number of aliphatic hydroxyl groups excluding tert-OH is 1. The standard InChI is InChI=1S/C34H31FN6O3S/c1-23-5-8-30(9-6-23)45(43,44)41-22-32(27-19-38-40(21-27)20-24-3-2-4-28(35)15-24)31-16-26(18-37-34(31)41)25-7-10-33(36-17-25)39-13-11-29(42)12-14-39/h2-10,15-19,21-22,29,42H,11-14,20H2,1H3. The van der Waals surface area contributed by atoms with Crippen LogP contribution in [0.4, 0.5) is 10.2 Å². The average Bonchev–Trinajstić information content (AvgIpc) is 3.66. The van der Waals surface area contributed by atoms with Crippen molar-refractivity contribution in [2.24, 2.45) is 0 Å². The molecule has 6 aromatic rings. The maximum Gasteiger partial charge on any atom is 0.269 e. The largest absolute Gasteiger partial charge is 0.393 e. The highest BCUT2D eigenvalue weighted by Gasteiger charge is 2.24. The van der Waals surface area contributed by atoms with Gasteiger partial charge in [-0.15, -0.1) is 0 Å². The van der Waals surface area contributed by atoms with Crippen molar-refractivity contribution in [2.45, 2.75) is 37.3 Å². The minimum atomic E-state index is -3.97. The molecule has 0 unspecified atom stereocenters. The Morgan fingerprint density at radius 2 is 1.67 bits per heavy atom. The van der Waals surface area contributed by atoms with Gasteiger partial charge in [0.05, 0.1) is 23.7 Å². The monoisotopic (exact) mass is 622 g/mol. The third-order valence-corrected chi connectivity index (χ3v) is 9.90. The SMILES string of the molecule is Cc1ccc(S(=O)(=O)n2cc(-c3cnn(Cc4cccc(F)c4)c3)c3cc(-c4ccc(N5CCC(O)CC5)nc4)cnc32)cc1. The summed E-state index contributed by atoms with van der Waals surface area (Å²) in [5.41, 5.74) is 4.99. The molecule has 1 N–H and O–H groups in total. The normalized spacial score (nSPS) is 14.3. The highest BCUT2D eigenvalue weighted by molar-refractivity contribution is 7.90. The second kappa shape index (κ2) is 11.6. The smallest absolute Gasteiger partial charge is 0.269 e. The van der Waals surface area contributed by atoms with Crippen LogP contribution < -0.4 is 4.90 Å². The molecular weight excluding hydrogens is 591 g/mol. The quantitative estimate of drug-likeness (QED) is 0.245. The summed E-state index contributed by atoms with van der Waals surface area (Å²) in [6, 6.07) is 18.9. The molecule has 11 heteroatoms. The first kappa shape index (κ1) is 28.9. The Morgan fingerprint density at radius 1 is 0.889 bits per heavy atom. The molecule has 1 fully saturated rings. The Morgan fingerprint density at radius 3 is 2.40 bits per heavy atom. The number of hydrogen-bond donors (Lipinski definition) is 1. The lowest BCUT2D eigenvalue weighted by molar-refractivity contribution is 0.145. The Balaban J connectivity index is 1.29. The van der Waals surface area contributed by atoms with Gasteiger partial charge in [-0.1, -0.05) is 29.8 Å². The summed E-state index contributed by atoms with van der Waals surface area (Å²) in [6.45, 7) is 3.76. The van der Waals surface area contributed by atoms with Gasteiger partial charge in [-0.2, -0.15) is 5.10 Å². The van der Waals surface area contributed by atoms with E-state index in [2.05, 4.69) is 20.0 Å². The van der Waals surface area contributed by atoms with Gasteiger partial charge in [0.2, 0.25) is 0 Å². The summed E-state index contributed by atoms with van der Waals surface area (Å²) in [6.07, 6.45) is 9.71. The van der Waals surface area contributed by atoms with Crippen LogP contribution in [0.25, 0.3) is 33.3 Å². The number of aliphatic hydroxyl groups is 1. The van der Waals surface area contributed by atoms with Crippen LogP contribution in [0.5, 0.6) is 0 Å². The van der Waals surface area contributed by atoms with Gasteiger partial charge < -0.3 is 10.0 Å². The first-order valence-corrected chi connectivity index (χ1v) is 16.2. The number of benzene rings is 2. The number of halogens is 1. The lowest BCUT2D eigenvalue weighted by Crippen LogP contribution is -2.36. The van der Waals surface area contributed by atoms with Crippen molar-refractivity contribution in [3.8, 4) is 22.3 Å². The van der Waals surface area contributed by atoms with Gasteiger partial charge in [0.25, 0.3) is 10.0 Å². The fourth-order valence-corrected chi connectivity index (χ4v) is 7.05. The summed E-state index contributed by atoms with van der Waals surface area (Å²) in [4.78, 5) is 11.7. The molecule has 228 valence electrons. The van der Waals surface area contributed by atoms with E-state index in [1.54, 1.807) is 59.8 Å². The number of aryl methyl sites for hydroxylation is 1. The van der Waals surface area contributed by atoms with Crippen LogP contribution in [0.2, 0.25) is 0 Å². The van der Waals surface area contributed by atoms with Crippen molar-refractivity contribution >= 4 is 26.9 Å². The number of anilines is 1. The maximum atomic E-state index is 13.9. The molecule has 1 aliphatic heterocycles. The maximum absolute atomic E-state index is 13.9. The van der Waals surface area contributed by atoms with E-state index in [0.29, 0.717) is 41.5 Å². The zero-order chi connectivity index (χ0) is 31.1. The third kappa shape index (κ3) is 5.72. The number of nitrogens with zero attached hydrogens (tertiary/aromatic N) is 6. The van der Waals surface area contributed by atoms with Crippen molar-refractivity contribution in [1.82, 2.24) is 23.7 Å². The third-order valence-electron chi connectivity index (χ3n) is 8.24. The van der Waals surface area contributed by atoms with Crippen LogP contribution in [0.1, 0.15) is 24.0 Å². The van der Waals surface area contributed by atoms with Crippen LogP contribution in [-0.4, -0.2) is 56.4 Å². The molecule has 0 atom stereocenters. The minimum absolute atomic E-state index is 0.161. The van der Waals surface area contributed by atoms with Gasteiger partial charge in [-0.3, -0.25) is 4.68 Å². The highest BCUT2D eigenvalue weighted by Crippen LogP contribution is 2.35. The fraction of sp³-hybridized carbons (Fsp3) is 0.206. The lowest BCUT2D eigenvalue weighted by atomic mass is 10.0. The van der Waals surface area contributed by atoms with E-state index in [4.69, 9.17) is 0 Å². The molecule has 0 bridgehead atoms. The summed E-state index contributed by atoms with van der Waals surface area (Å²) in [7, 11) is -3.97. The number of fused-ring (bicyclic) bond motifs is 1. The molecule has 0 radical (unpaired) electrons. The van der Waals surface area contributed by atoms with Crippen LogP contribution in [0.15, 0.2) is 103 Å². The van der Waals surface area contributed by atoms with E-state index in [-0.39, 0.29) is 16.8 Å². The van der Waals surface area contributed by atoms with Crippen molar-refractivity contribution in [1.29, 1.82) is 0 Å². The van der Waals surface area contributed by atoms with Crippen LogP contribution >= 0.6 is 0 Å². The van der Waals surface area contributed by atoms with Gasteiger partial charge in [0.15, 0.2) is 5.65 Å². The number of piperidine rings is 1. The topological polar surface area (TPSA) is 106 Å². The van der Waals surface area contributed by atoms with Crippen LogP contribution in [0.3, 0.4) is 0 Å². The van der Waals surface area contributed by atoms with E-state index in [1.165, 1.54) is 16.1 Å². The molecule has 0 spiro atoms. The van der Waals surface area contributed by atoms with Crippen molar-refractivity contribution in [3.63, 3.8) is 0 Å². The molecule has 0 aliphatic carbocycles. The van der Waals surface area contributed by atoms with Crippen molar-refractivity contribution in [3.05, 3.63) is 115 Å². The second-order valence-corrected chi connectivity index (χ2v) is 13.2. The van der Waals surface area contributed by atoms with Crippen molar-refractivity contribution < 1.29 is 17.9 Å². The number of hydrogen-bond acceptors (Lipinski definition) is 7. The first-order valence-electron chi connectivity index (χ1n) is 14.7. The Labute approximate surface area is 260 Å². The van der Waals surface area contributed by atoms with Gasteiger partial charge in [-0.25, -0.2) is 26.7 Å². The number of rotatable bonds is 7. The molecule has 0 saturated carbocycles. The highest BCUT2D eigenvalue weighted by atomic mass is 32.2. The van der Waals surface area contributed by atoms with E-state index in [1.807, 2.05) is 37.4 Å². The molecule has 2 aromatic carbocycles. The number of pyridine rings is 2. The Hall–Kier alpha value is -4.87. The van der Waals surface area contributed by atoms with E-state index < -0.39 is 10.0 Å². The predicted octanol–water partition coefficient (Wildman–Crippen LogP) is 5.66. The summed E-state index contributed by atoms with van der Waals surface area (Å²) < 4.78 is 44.5. The molecule has 45 heavy (non-hydrogen) atoms. The lowest BCUT2D eigenvalue weighted by Gasteiger charge is -2.30. The van der Waals surface area contributed by atoms with Gasteiger partial charge >= 0.3 is 0 Å². The zero-order valence-corrected chi connectivity index (χ0v) is 25.4. The molecule has 5 heterocycles. The number of aromatic nitrogens is 5. The average molecular weight is 623 g/mol. The molecule has 9 nitrogen and oxygen atoms in total. The molecule has 0 amide bonds. The minimum Gasteiger partial charge on any atom is -0.393 e. The fourth-order valence-electron chi connectivity index (χ4n) is 5.72. The Bertz CT molecular complexity index is 2100. The van der Waals surface area contributed by atoms with E-state index >= 15 is 0 Å². The molecule has 4 aromatic heterocycles. The molecule has 1 saturated heterocycles.